The molecule has 0 fully saturated rings. The lowest BCUT2D eigenvalue weighted by molar-refractivity contribution is -0.386. The van der Waals surface area contributed by atoms with Crippen molar-refractivity contribution in [3.8, 4) is 0 Å². The predicted octanol–water partition coefficient (Wildman–Crippen LogP) is 4.76. The van der Waals surface area contributed by atoms with Gasteiger partial charge in [-0.2, -0.15) is 0 Å². The van der Waals surface area contributed by atoms with Crippen LogP contribution in [0.5, 0.6) is 0 Å². The Morgan fingerprint density at radius 2 is 1.67 bits per heavy atom. The third-order valence-corrected chi connectivity index (χ3v) is 3.98. The van der Waals surface area contributed by atoms with E-state index in [1.165, 1.54) is 6.07 Å². The SMILES string of the molecule is Cc1cccc(C)c1NC(=O)c1ccc(C(C)(C)C)c([N+](=O)[O-])c1. The molecule has 0 radical (unpaired) electrons. The van der Waals surface area contributed by atoms with Gasteiger partial charge < -0.3 is 5.32 Å². The number of carbonyl (C=O) groups is 1. The molecule has 126 valence electrons. The van der Waals surface area contributed by atoms with Gasteiger partial charge >= 0.3 is 0 Å². The standard InChI is InChI=1S/C19H22N2O3/c1-12-7-6-8-13(2)17(12)20-18(22)14-9-10-15(19(3,4)5)16(11-14)21(23)24/h6-11H,1-5H3,(H,20,22). The number of nitrogens with zero attached hydrogens (tertiary/aromatic N) is 1. The highest BCUT2D eigenvalue weighted by atomic mass is 16.6. The first-order valence-corrected chi connectivity index (χ1v) is 7.77. The molecular weight excluding hydrogens is 304 g/mol. The summed E-state index contributed by atoms with van der Waals surface area (Å²) >= 11 is 0. The van der Waals surface area contributed by atoms with Crippen LogP contribution in [0.1, 0.15) is 47.8 Å². The molecule has 0 saturated carbocycles. The van der Waals surface area contributed by atoms with Crippen LogP contribution in [0.25, 0.3) is 0 Å². The molecule has 0 saturated heterocycles. The zero-order valence-corrected chi connectivity index (χ0v) is 14.6. The van der Waals surface area contributed by atoms with Gasteiger partial charge in [-0.05, 0) is 36.5 Å². The second-order valence-corrected chi connectivity index (χ2v) is 6.96. The highest BCUT2D eigenvalue weighted by molar-refractivity contribution is 6.05. The van der Waals surface area contributed by atoms with Crippen molar-refractivity contribution in [1.82, 2.24) is 0 Å². The van der Waals surface area contributed by atoms with E-state index in [1.54, 1.807) is 12.1 Å². The molecule has 2 aromatic carbocycles. The maximum Gasteiger partial charge on any atom is 0.273 e. The van der Waals surface area contributed by atoms with Crippen molar-refractivity contribution in [3.05, 3.63) is 68.8 Å². The molecule has 0 heterocycles. The monoisotopic (exact) mass is 326 g/mol. The summed E-state index contributed by atoms with van der Waals surface area (Å²) in [7, 11) is 0. The smallest absolute Gasteiger partial charge is 0.273 e. The van der Waals surface area contributed by atoms with Gasteiger partial charge in [0.1, 0.15) is 0 Å². The number of carbonyl (C=O) groups excluding carboxylic acids is 1. The van der Waals surface area contributed by atoms with Gasteiger partial charge in [-0.15, -0.1) is 0 Å². The molecule has 0 spiro atoms. The summed E-state index contributed by atoms with van der Waals surface area (Å²) in [5.74, 6) is -0.351. The predicted molar refractivity (Wildman–Crippen MR) is 95.7 cm³/mol. The molecule has 0 aromatic heterocycles. The van der Waals surface area contributed by atoms with Gasteiger partial charge in [0.2, 0.25) is 0 Å². The van der Waals surface area contributed by atoms with Crippen LogP contribution in [0, 0.1) is 24.0 Å². The normalized spacial score (nSPS) is 11.2. The summed E-state index contributed by atoms with van der Waals surface area (Å²) in [5.41, 5.74) is 3.12. The van der Waals surface area contributed by atoms with Crippen LogP contribution in [0.15, 0.2) is 36.4 Å². The lowest BCUT2D eigenvalue weighted by Gasteiger charge is -2.19. The number of hydrogen-bond acceptors (Lipinski definition) is 3. The van der Waals surface area contributed by atoms with Gasteiger partial charge in [-0.3, -0.25) is 14.9 Å². The Morgan fingerprint density at radius 1 is 1.08 bits per heavy atom. The fraction of sp³-hybridized carbons (Fsp3) is 0.316. The Balaban J connectivity index is 2.41. The minimum Gasteiger partial charge on any atom is -0.321 e. The van der Waals surface area contributed by atoms with Crippen molar-refractivity contribution in [2.24, 2.45) is 0 Å². The first-order valence-electron chi connectivity index (χ1n) is 7.77. The summed E-state index contributed by atoms with van der Waals surface area (Å²) in [6.07, 6.45) is 0. The van der Waals surface area contributed by atoms with Crippen LogP contribution < -0.4 is 5.32 Å². The van der Waals surface area contributed by atoms with Gasteiger partial charge in [-0.1, -0.05) is 45.0 Å². The fourth-order valence-corrected chi connectivity index (χ4v) is 2.66. The zero-order chi connectivity index (χ0) is 18.1. The molecule has 2 aromatic rings. The molecule has 0 atom stereocenters. The highest BCUT2D eigenvalue weighted by Gasteiger charge is 2.26. The quantitative estimate of drug-likeness (QED) is 0.653. The first-order chi connectivity index (χ1) is 11.1. The van der Waals surface area contributed by atoms with E-state index in [0.29, 0.717) is 5.56 Å². The van der Waals surface area contributed by atoms with Crippen LogP contribution in [0.3, 0.4) is 0 Å². The largest absolute Gasteiger partial charge is 0.321 e. The van der Waals surface area contributed by atoms with E-state index in [-0.39, 0.29) is 22.6 Å². The highest BCUT2D eigenvalue weighted by Crippen LogP contribution is 2.32. The molecule has 0 bridgehead atoms. The van der Waals surface area contributed by atoms with Crippen molar-refractivity contribution < 1.29 is 9.72 Å². The average Bonchev–Trinajstić information content (AvgIpc) is 2.49. The van der Waals surface area contributed by atoms with Crippen molar-refractivity contribution >= 4 is 17.3 Å². The molecule has 1 N–H and O–H groups in total. The van der Waals surface area contributed by atoms with E-state index in [2.05, 4.69) is 5.32 Å². The van der Waals surface area contributed by atoms with E-state index in [9.17, 15) is 14.9 Å². The van der Waals surface area contributed by atoms with Crippen molar-refractivity contribution in [1.29, 1.82) is 0 Å². The fourth-order valence-electron chi connectivity index (χ4n) is 2.66. The maximum absolute atomic E-state index is 12.5. The van der Waals surface area contributed by atoms with Crippen molar-refractivity contribution in [2.75, 3.05) is 5.32 Å². The Bertz CT molecular complexity index is 784. The van der Waals surface area contributed by atoms with Crippen LogP contribution in [-0.4, -0.2) is 10.8 Å². The molecule has 5 heteroatoms. The average molecular weight is 326 g/mol. The first kappa shape index (κ1) is 17.7. The number of para-hydroxylation sites is 1. The summed E-state index contributed by atoms with van der Waals surface area (Å²) in [6.45, 7) is 9.55. The number of hydrogen-bond donors (Lipinski definition) is 1. The van der Waals surface area contributed by atoms with Crippen LogP contribution in [0.4, 0.5) is 11.4 Å². The van der Waals surface area contributed by atoms with Crippen molar-refractivity contribution in [3.63, 3.8) is 0 Å². The van der Waals surface area contributed by atoms with Crippen molar-refractivity contribution in [2.45, 2.75) is 40.0 Å². The number of amides is 1. The topological polar surface area (TPSA) is 72.2 Å². The number of nitro groups is 1. The van der Waals surface area contributed by atoms with Crippen LogP contribution in [0.2, 0.25) is 0 Å². The molecule has 1 amide bonds. The van der Waals surface area contributed by atoms with Crippen LogP contribution in [-0.2, 0) is 5.41 Å². The minimum absolute atomic E-state index is 0.0309. The van der Waals surface area contributed by atoms with E-state index in [1.807, 2.05) is 52.8 Å². The van der Waals surface area contributed by atoms with Crippen LogP contribution >= 0.6 is 0 Å². The molecule has 0 aliphatic rings. The van der Waals surface area contributed by atoms with Gasteiger partial charge in [0.05, 0.1) is 4.92 Å². The minimum atomic E-state index is -0.434. The van der Waals surface area contributed by atoms with Gasteiger partial charge in [0.15, 0.2) is 0 Å². The zero-order valence-electron chi connectivity index (χ0n) is 14.6. The molecule has 0 aliphatic heterocycles. The maximum atomic E-state index is 12.5. The molecule has 24 heavy (non-hydrogen) atoms. The van der Waals surface area contributed by atoms with E-state index in [0.717, 1.165) is 16.8 Å². The second-order valence-electron chi connectivity index (χ2n) is 6.96. The lowest BCUT2D eigenvalue weighted by Crippen LogP contribution is -2.17. The summed E-state index contributed by atoms with van der Waals surface area (Å²) in [4.78, 5) is 23.5. The number of aryl methyl sites for hydroxylation is 2. The Morgan fingerprint density at radius 3 is 2.17 bits per heavy atom. The summed E-state index contributed by atoms with van der Waals surface area (Å²) in [6, 6.07) is 10.4. The third-order valence-electron chi connectivity index (χ3n) is 3.98. The van der Waals surface area contributed by atoms with E-state index < -0.39 is 4.92 Å². The second kappa shape index (κ2) is 6.43. The van der Waals surface area contributed by atoms with E-state index in [4.69, 9.17) is 0 Å². The molecule has 0 unspecified atom stereocenters. The van der Waals surface area contributed by atoms with Gasteiger partial charge in [0, 0.05) is 22.9 Å². The number of benzene rings is 2. The summed E-state index contributed by atoms with van der Waals surface area (Å²) < 4.78 is 0. The van der Waals surface area contributed by atoms with Gasteiger partial charge in [-0.25, -0.2) is 0 Å². The summed E-state index contributed by atoms with van der Waals surface area (Å²) in [5, 5.41) is 14.2. The third kappa shape index (κ3) is 3.62. The number of nitro benzene ring substituents is 1. The number of anilines is 1. The molecule has 2 rings (SSSR count). The number of nitrogens with one attached hydrogen (secondary N) is 1. The number of rotatable bonds is 3. The lowest BCUT2D eigenvalue weighted by atomic mass is 9.85. The Hall–Kier alpha value is -2.69. The molecular formula is C19H22N2O3. The molecule has 5 nitrogen and oxygen atoms in total. The Labute approximate surface area is 141 Å². The van der Waals surface area contributed by atoms with E-state index >= 15 is 0 Å². The van der Waals surface area contributed by atoms with Gasteiger partial charge in [0.25, 0.3) is 11.6 Å². The Kier molecular flexibility index (Phi) is 4.73. The molecule has 0 aliphatic carbocycles.